The van der Waals surface area contributed by atoms with Crippen LogP contribution in [0.3, 0.4) is 0 Å². The Hall–Kier alpha value is -2.37. The Morgan fingerprint density at radius 2 is 2.05 bits per heavy atom. The van der Waals surface area contributed by atoms with Crippen LogP contribution in [0.15, 0.2) is 36.7 Å². The molecule has 0 unspecified atom stereocenters. The maximum absolute atomic E-state index is 10.5. The second-order valence-corrected chi connectivity index (χ2v) is 4.46. The summed E-state index contributed by atoms with van der Waals surface area (Å²) in [5.74, 6) is 0.687. The molecule has 0 atom stereocenters. The van der Waals surface area contributed by atoms with E-state index in [0.717, 1.165) is 5.56 Å². The molecule has 0 fully saturated rings. The third kappa shape index (κ3) is 3.31. The zero-order valence-corrected chi connectivity index (χ0v) is 10.8. The Morgan fingerprint density at radius 3 is 2.58 bits per heavy atom. The summed E-state index contributed by atoms with van der Waals surface area (Å²) >= 11 is 0. The summed E-state index contributed by atoms with van der Waals surface area (Å²) in [6.45, 7) is 4.43. The van der Waals surface area contributed by atoms with Crippen LogP contribution < -0.4 is 4.74 Å². The van der Waals surface area contributed by atoms with Crippen LogP contribution in [-0.2, 0) is 6.61 Å². The highest BCUT2D eigenvalue weighted by molar-refractivity contribution is 5.32. The molecule has 1 aromatic heterocycles. The first-order valence-corrected chi connectivity index (χ1v) is 5.96. The van der Waals surface area contributed by atoms with E-state index in [2.05, 4.69) is 5.10 Å². The fourth-order valence-corrected chi connectivity index (χ4v) is 1.56. The fourth-order valence-electron chi connectivity index (χ4n) is 1.56. The van der Waals surface area contributed by atoms with Crippen molar-refractivity contribution in [2.45, 2.75) is 26.5 Å². The molecule has 0 bridgehead atoms. The standard InChI is InChI=1S/C13H15N3O3/c1-10(2)15-8-13(7-14-15)19-9-11-3-5-12(6-4-11)16(17)18/h3-8,10H,9H2,1-2H3. The van der Waals surface area contributed by atoms with Crippen molar-refractivity contribution < 1.29 is 9.66 Å². The fraction of sp³-hybridized carbons (Fsp3) is 0.308. The maximum atomic E-state index is 10.5. The van der Waals surface area contributed by atoms with Gasteiger partial charge in [-0.15, -0.1) is 0 Å². The van der Waals surface area contributed by atoms with Gasteiger partial charge < -0.3 is 4.74 Å². The predicted molar refractivity (Wildman–Crippen MR) is 70.0 cm³/mol. The summed E-state index contributed by atoms with van der Waals surface area (Å²) in [7, 11) is 0. The van der Waals surface area contributed by atoms with Gasteiger partial charge in [-0.3, -0.25) is 14.8 Å². The Kier molecular flexibility index (Phi) is 3.79. The van der Waals surface area contributed by atoms with Crippen molar-refractivity contribution in [3.05, 3.63) is 52.3 Å². The van der Waals surface area contributed by atoms with Gasteiger partial charge in [0.15, 0.2) is 5.75 Å². The second-order valence-electron chi connectivity index (χ2n) is 4.46. The summed E-state index contributed by atoms with van der Waals surface area (Å²) < 4.78 is 7.38. The summed E-state index contributed by atoms with van der Waals surface area (Å²) in [6, 6.07) is 6.60. The van der Waals surface area contributed by atoms with Gasteiger partial charge >= 0.3 is 0 Å². The average Bonchev–Trinajstić information content (AvgIpc) is 2.86. The highest BCUT2D eigenvalue weighted by Crippen LogP contribution is 2.16. The average molecular weight is 261 g/mol. The molecule has 19 heavy (non-hydrogen) atoms. The molecule has 0 amide bonds. The third-order valence-corrected chi connectivity index (χ3v) is 2.66. The summed E-state index contributed by atoms with van der Waals surface area (Å²) in [6.07, 6.45) is 3.49. The van der Waals surface area contributed by atoms with Gasteiger partial charge in [-0.1, -0.05) is 0 Å². The summed E-state index contributed by atoms with van der Waals surface area (Å²) in [5, 5.41) is 14.7. The molecule has 1 heterocycles. The van der Waals surface area contributed by atoms with Crippen molar-refractivity contribution >= 4 is 5.69 Å². The molecule has 6 nitrogen and oxygen atoms in total. The minimum Gasteiger partial charge on any atom is -0.486 e. The van der Waals surface area contributed by atoms with E-state index in [1.54, 1.807) is 18.3 Å². The van der Waals surface area contributed by atoms with Gasteiger partial charge in [0.2, 0.25) is 0 Å². The molecule has 0 aliphatic heterocycles. The summed E-state index contributed by atoms with van der Waals surface area (Å²) in [5.41, 5.74) is 0.958. The lowest BCUT2D eigenvalue weighted by molar-refractivity contribution is -0.384. The normalized spacial score (nSPS) is 10.7. The Balaban J connectivity index is 1.96. The van der Waals surface area contributed by atoms with E-state index in [9.17, 15) is 10.1 Å². The number of hydrogen-bond donors (Lipinski definition) is 0. The van der Waals surface area contributed by atoms with Crippen molar-refractivity contribution in [1.82, 2.24) is 9.78 Å². The number of aromatic nitrogens is 2. The monoisotopic (exact) mass is 261 g/mol. The lowest BCUT2D eigenvalue weighted by Gasteiger charge is -2.04. The van der Waals surface area contributed by atoms with E-state index in [4.69, 9.17) is 4.74 Å². The van der Waals surface area contributed by atoms with Gasteiger partial charge in [0, 0.05) is 18.2 Å². The van der Waals surface area contributed by atoms with Crippen molar-refractivity contribution in [2.75, 3.05) is 0 Å². The molecule has 2 aromatic rings. The van der Waals surface area contributed by atoms with Crippen molar-refractivity contribution in [3.63, 3.8) is 0 Å². The molecule has 0 N–H and O–H groups in total. The minimum absolute atomic E-state index is 0.0800. The predicted octanol–water partition coefficient (Wildman–Crippen LogP) is 2.95. The van der Waals surface area contributed by atoms with Crippen LogP contribution in [-0.4, -0.2) is 14.7 Å². The molecular weight excluding hydrogens is 246 g/mol. The van der Waals surface area contributed by atoms with Gasteiger partial charge in [-0.25, -0.2) is 0 Å². The van der Waals surface area contributed by atoms with Crippen LogP contribution >= 0.6 is 0 Å². The molecule has 0 spiro atoms. The number of nitro groups is 1. The van der Waals surface area contributed by atoms with Gasteiger partial charge in [-0.05, 0) is 31.5 Å². The van der Waals surface area contributed by atoms with E-state index in [-0.39, 0.29) is 11.7 Å². The van der Waals surface area contributed by atoms with E-state index in [0.29, 0.717) is 12.4 Å². The molecule has 100 valence electrons. The number of hydrogen-bond acceptors (Lipinski definition) is 4. The lowest BCUT2D eigenvalue weighted by atomic mass is 10.2. The number of rotatable bonds is 5. The second kappa shape index (κ2) is 5.51. The molecule has 2 rings (SSSR count). The maximum Gasteiger partial charge on any atom is 0.269 e. The number of ether oxygens (including phenoxy) is 1. The number of nitrogens with zero attached hydrogens (tertiary/aromatic N) is 3. The topological polar surface area (TPSA) is 70.2 Å². The SMILES string of the molecule is CC(C)n1cc(OCc2ccc([N+](=O)[O-])cc2)cn1. The zero-order valence-electron chi connectivity index (χ0n) is 10.8. The van der Waals surface area contributed by atoms with Crippen LogP contribution in [0.1, 0.15) is 25.5 Å². The molecule has 0 aliphatic carbocycles. The molecule has 6 heteroatoms. The lowest BCUT2D eigenvalue weighted by Crippen LogP contribution is -2.00. The largest absolute Gasteiger partial charge is 0.486 e. The number of benzene rings is 1. The Bertz CT molecular complexity index is 561. The third-order valence-electron chi connectivity index (χ3n) is 2.66. The van der Waals surface area contributed by atoms with E-state index in [1.807, 2.05) is 24.7 Å². The van der Waals surface area contributed by atoms with Crippen molar-refractivity contribution in [3.8, 4) is 5.75 Å². The minimum atomic E-state index is -0.419. The first kappa shape index (κ1) is 13.1. The van der Waals surface area contributed by atoms with Crippen molar-refractivity contribution in [1.29, 1.82) is 0 Å². The first-order chi connectivity index (χ1) is 9.06. The molecule has 0 aliphatic rings. The van der Waals surface area contributed by atoms with Crippen LogP contribution in [0.2, 0.25) is 0 Å². The molecule has 0 radical (unpaired) electrons. The van der Waals surface area contributed by atoms with E-state index < -0.39 is 4.92 Å². The quantitative estimate of drug-likeness (QED) is 0.612. The van der Waals surface area contributed by atoms with Crippen LogP contribution in [0.25, 0.3) is 0 Å². The first-order valence-electron chi connectivity index (χ1n) is 5.96. The van der Waals surface area contributed by atoms with E-state index in [1.165, 1.54) is 12.1 Å². The van der Waals surface area contributed by atoms with Gasteiger partial charge in [-0.2, -0.15) is 5.10 Å². The number of non-ortho nitro benzene ring substituents is 1. The van der Waals surface area contributed by atoms with Crippen LogP contribution in [0.5, 0.6) is 5.75 Å². The Labute approximate surface area is 110 Å². The highest BCUT2D eigenvalue weighted by atomic mass is 16.6. The zero-order chi connectivity index (χ0) is 13.8. The molecule has 0 saturated heterocycles. The van der Waals surface area contributed by atoms with Crippen LogP contribution in [0, 0.1) is 10.1 Å². The highest BCUT2D eigenvalue weighted by Gasteiger charge is 2.05. The molecule has 0 saturated carbocycles. The number of nitro benzene ring substituents is 1. The Morgan fingerprint density at radius 1 is 1.37 bits per heavy atom. The van der Waals surface area contributed by atoms with Gasteiger partial charge in [0.1, 0.15) is 6.61 Å². The van der Waals surface area contributed by atoms with Crippen LogP contribution in [0.4, 0.5) is 5.69 Å². The smallest absolute Gasteiger partial charge is 0.269 e. The molecular formula is C13H15N3O3. The van der Waals surface area contributed by atoms with Crippen molar-refractivity contribution in [2.24, 2.45) is 0 Å². The van der Waals surface area contributed by atoms with Gasteiger partial charge in [0.25, 0.3) is 5.69 Å². The summed E-state index contributed by atoms with van der Waals surface area (Å²) in [4.78, 5) is 10.1. The van der Waals surface area contributed by atoms with E-state index >= 15 is 0 Å². The molecule has 1 aromatic carbocycles. The van der Waals surface area contributed by atoms with Gasteiger partial charge in [0.05, 0.1) is 17.3 Å².